The van der Waals surface area contributed by atoms with Gasteiger partial charge in [-0.15, -0.1) is 0 Å². The van der Waals surface area contributed by atoms with E-state index in [1.54, 1.807) is 0 Å². The lowest BCUT2D eigenvalue weighted by molar-refractivity contribution is 0.0655. The van der Waals surface area contributed by atoms with Crippen molar-refractivity contribution in [1.29, 1.82) is 0 Å². The third-order valence-electron chi connectivity index (χ3n) is 5.22. The van der Waals surface area contributed by atoms with Gasteiger partial charge in [-0.2, -0.15) is 0 Å². The zero-order valence-corrected chi connectivity index (χ0v) is 13.8. The zero-order valence-electron chi connectivity index (χ0n) is 13.8. The Bertz CT molecular complexity index is 482. The Labute approximate surface area is 133 Å². The van der Waals surface area contributed by atoms with E-state index in [0.29, 0.717) is 0 Å². The molecule has 22 heavy (non-hydrogen) atoms. The average Bonchev–Trinajstić information content (AvgIpc) is 3.05. The van der Waals surface area contributed by atoms with Gasteiger partial charge in [0.05, 0.1) is 0 Å². The number of aromatic nitrogens is 1. The molecule has 1 amide bonds. The Morgan fingerprint density at radius 1 is 1.14 bits per heavy atom. The molecule has 0 radical (unpaired) electrons. The smallest absolute Gasteiger partial charge is 0.270 e. The molecule has 4 heteroatoms. The van der Waals surface area contributed by atoms with Crippen LogP contribution in [0.1, 0.15) is 55.2 Å². The Balaban J connectivity index is 1.47. The topological polar surface area (TPSA) is 39.3 Å². The van der Waals surface area contributed by atoms with E-state index in [4.69, 9.17) is 0 Å². The first-order valence-electron chi connectivity index (χ1n) is 8.95. The summed E-state index contributed by atoms with van der Waals surface area (Å²) in [5.41, 5.74) is 1.90. The summed E-state index contributed by atoms with van der Waals surface area (Å²) < 4.78 is 0. The highest BCUT2D eigenvalue weighted by Gasteiger charge is 2.25. The van der Waals surface area contributed by atoms with Crippen molar-refractivity contribution in [1.82, 2.24) is 14.8 Å². The third-order valence-corrected chi connectivity index (χ3v) is 5.22. The minimum atomic E-state index is 0.177. The predicted molar refractivity (Wildman–Crippen MR) is 89.1 cm³/mol. The van der Waals surface area contributed by atoms with Gasteiger partial charge in [-0.25, -0.2) is 0 Å². The van der Waals surface area contributed by atoms with Gasteiger partial charge in [0.1, 0.15) is 5.69 Å². The van der Waals surface area contributed by atoms with E-state index in [2.05, 4.69) is 16.8 Å². The van der Waals surface area contributed by atoms with Crippen LogP contribution in [-0.4, -0.2) is 53.4 Å². The van der Waals surface area contributed by atoms with Gasteiger partial charge in [0.25, 0.3) is 5.91 Å². The SMILES string of the molecule is CCc1ccc(C(=O)N2CCC(CN3CCCCC3)CC2)[nH]1. The van der Waals surface area contributed by atoms with Crippen molar-refractivity contribution in [3.63, 3.8) is 0 Å². The number of aromatic amines is 1. The number of hydrogen-bond acceptors (Lipinski definition) is 2. The molecule has 0 aliphatic carbocycles. The van der Waals surface area contributed by atoms with E-state index < -0.39 is 0 Å². The first-order chi connectivity index (χ1) is 10.8. The van der Waals surface area contributed by atoms with Crippen LogP contribution in [0.25, 0.3) is 0 Å². The molecule has 4 nitrogen and oxygen atoms in total. The van der Waals surface area contributed by atoms with E-state index in [9.17, 15) is 4.79 Å². The largest absolute Gasteiger partial charge is 0.354 e. The van der Waals surface area contributed by atoms with Crippen LogP contribution in [-0.2, 0) is 6.42 Å². The molecule has 1 aromatic heterocycles. The van der Waals surface area contributed by atoms with Crippen LogP contribution >= 0.6 is 0 Å². The lowest BCUT2D eigenvalue weighted by atomic mass is 9.95. The van der Waals surface area contributed by atoms with Crippen LogP contribution in [0, 0.1) is 5.92 Å². The molecule has 122 valence electrons. The number of nitrogens with one attached hydrogen (secondary N) is 1. The molecule has 1 aromatic rings. The van der Waals surface area contributed by atoms with E-state index >= 15 is 0 Å². The van der Waals surface area contributed by atoms with Gasteiger partial charge < -0.3 is 14.8 Å². The van der Waals surface area contributed by atoms with Crippen LogP contribution in [0.15, 0.2) is 12.1 Å². The van der Waals surface area contributed by atoms with Gasteiger partial charge in [0, 0.05) is 25.3 Å². The molecule has 3 heterocycles. The summed E-state index contributed by atoms with van der Waals surface area (Å²) in [5, 5.41) is 0. The minimum Gasteiger partial charge on any atom is -0.354 e. The van der Waals surface area contributed by atoms with Crippen molar-refractivity contribution < 1.29 is 4.79 Å². The maximum atomic E-state index is 12.5. The fourth-order valence-electron chi connectivity index (χ4n) is 3.77. The Kier molecular flexibility index (Phi) is 5.19. The van der Waals surface area contributed by atoms with Gasteiger partial charge in [0.15, 0.2) is 0 Å². The van der Waals surface area contributed by atoms with Crippen LogP contribution in [0.4, 0.5) is 0 Å². The second kappa shape index (κ2) is 7.32. The standard InChI is InChI=1S/C18H29N3O/c1-2-16-6-7-17(19-16)18(22)21-12-8-15(9-13-21)14-20-10-4-3-5-11-20/h6-7,15,19H,2-5,8-14H2,1H3. The molecule has 0 bridgehead atoms. The fourth-order valence-corrected chi connectivity index (χ4v) is 3.77. The van der Waals surface area contributed by atoms with Gasteiger partial charge >= 0.3 is 0 Å². The second-order valence-electron chi connectivity index (χ2n) is 6.85. The summed E-state index contributed by atoms with van der Waals surface area (Å²) in [6.07, 6.45) is 7.39. The van der Waals surface area contributed by atoms with E-state index in [0.717, 1.165) is 49.7 Å². The van der Waals surface area contributed by atoms with Gasteiger partial charge in [0.2, 0.25) is 0 Å². The van der Waals surface area contributed by atoms with Crippen LogP contribution < -0.4 is 0 Å². The Hall–Kier alpha value is -1.29. The van der Waals surface area contributed by atoms with Crippen molar-refractivity contribution in [2.45, 2.75) is 45.4 Å². The first kappa shape index (κ1) is 15.6. The van der Waals surface area contributed by atoms with E-state index in [1.807, 2.05) is 17.0 Å². The molecule has 0 unspecified atom stereocenters. The number of nitrogens with zero attached hydrogens (tertiary/aromatic N) is 2. The lowest BCUT2D eigenvalue weighted by Crippen LogP contribution is -2.42. The van der Waals surface area contributed by atoms with Crippen LogP contribution in [0.3, 0.4) is 0 Å². The molecule has 2 aliphatic heterocycles. The fraction of sp³-hybridized carbons (Fsp3) is 0.722. The van der Waals surface area contributed by atoms with E-state index in [1.165, 1.54) is 38.9 Å². The predicted octanol–water partition coefficient (Wildman–Crippen LogP) is 2.92. The summed E-state index contributed by atoms with van der Waals surface area (Å²) in [7, 11) is 0. The minimum absolute atomic E-state index is 0.177. The lowest BCUT2D eigenvalue weighted by Gasteiger charge is -2.36. The summed E-state index contributed by atoms with van der Waals surface area (Å²) in [6.45, 7) is 7.73. The molecule has 0 atom stereocenters. The number of amides is 1. The quantitative estimate of drug-likeness (QED) is 0.929. The highest BCUT2D eigenvalue weighted by atomic mass is 16.2. The normalized spacial score (nSPS) is 21.2. The second-order valence-corrected chi connectivity index (χ2v) is 6.85. The molecule has 1 N–H and O–H groups in total. The number of H-pyrrole nitrogens is 1. The maximum Gasteiger partial charge on any atom is 0.270 e. The summed E-state index contributed by atoms with van der Waals surface area (Å²) in [5.74, 6) is 0.952. The number of rotatable bonds is 4. The van der Waals surface area contributed by atoms with Gasteiger partial charge in [-0.3, -0.25) is 4.79 Å². The number of likely N-dealkylation sites (tertiary alicyclic amines) is 2. The summed E-state index contributed by atoms with van der Waals surface area (Å²) >= 11 is 0. The summed E-state index contributed by atoms with van der Waals surface area (Å²) in [6, 6.07) is 3.96. The molecule has 2 fully saturated rings. The number of carbonyl (C=O) groups excluding carboxylic acids is 1. The zero-order chi connectivity index (χ0) is 15.4. The monoisotopic (exact) mass is 303 g/mol. The molecule has 2 aliphatic rings. The van der Waals surface area contributed by atoms with Crippen molar-refractivity contribution >= 4 is 5.91 Å². The average molecular weight is 303 g/mol. The molecular formula is C18H29N3O. The van der Waals surface area contributed by atoms with E-state index in [-0.39, 0.29) is 5.91 Å². The number of carbonyl (C=O) groups is 1. The molecule has 0 saturated carbocycles. The first-order valence-corrected chi connectivity index (χ1v) is 8.95. The van der Waals surface area contributed by atoms with Crippen LogP contribution in [0.5, 0.6) is 0 Å². The van der Waals surface area contributed by atoms with Crippen molar-refractivity contribution in [2.75, 3.05) is 32.7 Å². The molecule has 0 aromatic carbocycles. The highest BCUT2D eigenvalue weighted by molar-refractivity contribution is 5.92. The Morgan fingerprint density at radius 3 is 2.50 bits per heavy atom. The van der Waals surface area contributed by atoms with Crippen molar-refractivity contribution in [2.24, 2.45) is 5.92 Å². The summed E-state index contributed by atoms with van der Waals surface area (Å²) in [4.78, 5) is 20.4. The highest BCUT2D eigenvalue weighted by Crippen LogP contribution is 2.21. The molecule has 0 spiro atoms. The number of hydrogen-bond donors (Lipinski definition) is 1. The van der Waals surface area contributed by atoms with Crippen molar-refractivity contribution in [3.8, 4) is 0 Å². The third kappa shape index (κ3) is 3.72. The van der Waals surface area contributed by atoms with Gasteiger partial charge in [-0.1, -0.05) is 13.3 Å². The molecule has 3 rings (SSSR count). The number of piperidine rings is 2. The van der Waals surface area contributed by atoms with Gasteiger partial charge in [-0.05, 0) is 63.2 Å². The molecular weight excluding hydrogens is 274 g/mol. The Morgan fingerprint density at radius 2 is 1.86 bits per heavy atom. The number of aryl methyl sites for hydroxylation is 1. The maximum absolute atomic E-state index is 12.5. The van der Waals surface area contributed by atoms with Crippen LogP contribution in [0.2, 0.25) is 0 Å². The van der Waals surface area contributed by atoms with Crippen molar-refractivity contribution in [3.05, 3.63) is 23.5 Å². The molecule has 2 saturated heterocycles.